The van der Waals surface area contributed by atoms with E-state index >= 15 is 0 Å². The molecule has 1 aromatic heterocycles. The van der Waals surface area contributed by atoms with Gasteiger partial charge in [0.2, 0.25) is 0 Å². The molecule has 5 aliphatic carbocycles. The molecule has 0 amide bonds. The quantitative estimate of drug-likeness (QED) is 0.00629. The second kappa shape index (κ2) is 51.4. The molecule has 3 N–H and O–H groups in total. The maximum absolute atomic E-state index is 11.4. The molecule has 0 radical (unpaired) electrons. The molecule has 5 fully saturated rings. The predicted octanol–water partition coefficient (Wildman–Crippen LogP) is 18.7. The van der Waals surface area contributed by atoms with E-state index in [4.69, 9.17) is 83.3 Å². The van der Waals surface area contributed by atoms with Crippen LogP contribution in [0.4, 0.5) is 0 Å². The van der Waals surface area contributed by atoms with Crippen LogP contribution in [0, 0.1) is 6.92 Å². The molecule has 0 atom stereocenters. The molecule has 28 heteroatoms. The number of carbonyl (C=O) groups excluding carboxylic acids is 5. The Bertz CT molecular complexity index is 5070. The third-order valence-corrected chi connectivity index (χ3v) is 18.3. The number of alkyl halides is 2. The number of pyridine rings is 1. The van der Waals surface area contributed by atoms with Crippen LogP contribution in [0.25, 0.3) is 16.8 Å². The Hall–Kier alpha value is -12.0. The maximum Gasteiger partial charge on any atom is 0.337 e. The smallest absolute Gasteiger partial charge is 0.337 e. The van der Waals surface area contributed by atoms with E-state index in [1.54, 1.807) is 115 Å². The van der Waals surface area contributed by atoms with Crippen molar-refractivity contribution in [1.29, 1.82) is 0 Å². The zero-order chi connectivity index (χ0) is 86.6. The highest BCUT2D eigenvalue weighted by Gasteiger charge is 2.27. The van der Waals surface area contributed by atoms with Crippen molar-refractivity contribution in [2.45, 2.75) is 113 Å². The lowest BCUT2D eigenvalue weighted by Crippen LogP contribution is -2.08. The molecule has 24 nitrogen and oxygen atoms in total. The molecule has 10 aromatic rings. The van der Waals surface area contributed by atoms with Crippen LogP contribution in [-0.4, -0.2) is 149 Å². The number of aldehydes is 1. The molecule has 0 unspecified atom stereocenters. The second-order valence-corrected chi connectivity index (χ2v) is 29.2. The minimum atomic E-state index is -3.62. The number of ether oxygens (including phenoxy) is 11. The summed E-state index contributed by atoms with van der Waals surface area (Å²) in [6.45, 7) is 5.80. The van der Waals surface area contributed by atoms with Gasteiger partial charge in [-0.3, -0.25) is 8.98 Å². The van der Waals surface area contributed by atoms with Crippen LogP contribution in [0.5, 0.6) is 46.0 Å². The number of carboxylic acids is 1. The lowest BCUT2D eigenvalue weighted by atomic mass is 10.2. The van der Waals surface area contributed by atoms with E-state index in [0.29, 0.717) is 87.5 Å². The number of hydrogen-bond donors (Lipinski definition) is 3. The van der Waals surface area contributed by atoms with E-state index in [1.807, 2.05) is 97.9 Å². The maximum atomic E-state index is 11.4. The number of esters is 4. The molecule has 1 heterocycles. The van der Waals surface area contributed by atoms with Crippen LogP contribution >= 0.6 is 34.8 Å². The lowest BCUT2D eigenvalue weighted by molar-refractivity contribution is -0.131. The van der Waals surface area contributed by atoms with Crippen LogP contribution in [0.1, 0.15) is 133 Å². The summed E-state index contributed by atoms with van der Waals surface area (Å²) >= 11 is 16.8. The average Bonchev–Trinajstić information content (AvgIpc) is 1.69. The first kappa shape index (κ1) is 95.2. The largest absolute Gasteiger partial charge is 0.508 e. The zero-order valence-corrected chi connectivity index (χ0v) is 70.0. The van der Waals surface area contributed by atoms with Crippen molar-refractivity contribution in [2.75, 3.05) is 53.4 Å². The number of aliphatic hydroxyl groups is 1. The van der Waals surface area contributed by atoms with E-state index in [2.05, 4.69) is 34.7 Å². The third kappa shape index (κ3) is 37.3. The van der Waals surface area contributed by atoms with Gasteiger partial charge in [-0.1, -0.05) is 96.5 Å². The molecule has 634 valence electrons. The van der Waals surface area contributed by atoms with Gasteiger partial charge in [-0.15, -0.1) is 23.2 Å². The molecule has 0 aliphatic heterocycles. The summed E-state index contributed by atoms with van der Waals surface area (Å²) in [5.41, 5.74) is 5.25. The minimum absolute atomic E-state index is 0.00222. The number of aromatic nitrogens is 1. The zero-order valence-electron chi connectivity index (χ0n) is 66.9. The summed E-state index contributed by atoms with van der Waals surface area (Å²) in [5.74, 6) is 3.53. The number of aromatic hydroxyl groups is 1. The molecule has 120 heavy (non-hydrogen) atoms. The summed E-state index contributed by atoms with van der Waals surface area (Å²) < 4.78 is 83.8. The van der Waals surface area contributed by atoms with Gasteiger partial charge in [-0.2, -0.15) is 8.42 Å². The number of aliphatic carboxylic acids is 1. The molecular weight excluding hydrogens is 1630 g/mol. The number of nitrogens with zero attached hydrogens (tertiary/aromatic N) is 1. The number of carboxylic acid groups (broad SMARTS) is 1. The Balaban J connectivity index is 0.000000186. The van der Waals surface area contributed by atoms with Gasteiger partial charge >= 0.3 is 29.8 Å². The van der Waals surface area contributed by atoms with Crippen LogP contribution < -0.4 is 33.2 Å². The van der Waals surface area contributed by atoms with E-state index in [1.165, 1.54) is 84.7 Å². The fraction of sp³-hybridized carbons (Fsp3) is 0.272. The fourth-order valence-electron chi connectivity index (χ4n) is 9.70. The molecule has 0 saturated heterocycles. The van der Waals surface area contributed by atoms with Crippen LogP contribution in [0.2, 0.25) is 5.15 Å². The number of fused-ring (bicyclic) bond motifs is 1. The number of benzene rings is 9. The SMILES string of the molecule is C=COc1cccc(C(=O)OC)c1.COC(=O)c1cccc(O)c1.COC(=O)c1cccc(OC2CC2)c1.COC(=O)c1cccc(OCCCl)c1.Cc1ccc(S(=O)(=O)OCCCl)cc1.Clc1nccc2cc(OC3CC3)ccc12.O=C(O)/C=C/c1cccc(OC2CC2)c1.O=Cc1cccc(OC2CC2)c1.OCc1cccc(OC2CC2)c1. The first-order chi connectivity index (χ1) is 58.0. The Kier molecular flexibility index (Phi) is 40.8. The number of aliphatic hydroxyl groups excluding tert-OH is 1. The van der Waals surface area contributed by atoms with E-state index in [0.717, 1.165) is 107 Å². The van der Waals surface area contributed by atoms with Gasteiger partial charge in [0.05, 0.1) is 111 Å². The highest BCUT2D eigenvalue weighted by atomic mass is 35.5. The second-order valence-electron chi connectivity index (χ2n) is 26.5. The van der Waals surface area contributed by atoms with Gasteiger partial charge in [0, 0.05) is 29.1 Å². The number of methoxy groups -OCH3 is 4. The summed E-state index contributed by atoms with van der Waals surface area (Å²) in [6.07, 6.45) is 19.9. The monoisotopic (exact) mass is 1720 g/mol. The van der Waals surface area contributed by atoms with Crippen molar-refractivity contribution in [3.8, 4) is 46.0 Å². The van der Waals surface area contributed by atoms with Crippen molar-refractivity contribution in [3.63, 3.8) is 0 Å². The van der Waals surface area contributed by atoms with E-state index < -0.39 is 22.1 Å². The summed E-state index contributed by atoms with van der Waals surface area (Å²) in [7, 11) is 1.72. The fourth-order valence-corrected chi connectivity index (χ4v) is 11.1. The molecular formula is C92H96Cl3NO23S. The third-order valence-electron chi connectivity index (χ3n) is 16.4. The Labute approximate surface area is 713 Å². The average molecular weight is 1720 g/mol. The highest BCUT2D eigenvalue weighted by molar-refractivity contribution is 7.86. The number of aryl methyl sites for hydroxylation is 1. The molecule has 5 aliphatic rings. The number of phenolic OH excluding ortho intramolecular Hbond substituents is 1. The normalized spacial score (nSPS) is 13.1. The van der Waals surface area contributed by atoms with Gasteiger partial charge in [0.1, 0.15) is 64.0 Å². The Morgan fingerprint density at radius 3 is 1.34 bits per heavy atom. The van der Waals surface area contributed by atoms with Crippen LogP contribution in [0.3, 0.4) is 0 Å². The summed E-state index contributed by atoms with van der Waals surface area (Å²) in [4.78, 5) is 69.2. The first-order valence-corrected chi connectivity index (χ1v) is 40.9. The summed E-state index contributed by atoms with van der Waals surface area (Å²) in [5, 5.41) is 28.9. The van der Waals surface area contributed by atoms with Crippen LogP contribution in [-0.2, 0) is 44.7 Å². The molecule has 15 rings (SSSR count). The number of hydrogen-bond acceptors (Lipinski definition) is 23. The van der Waals surface area contributed by atoms with Gasteiger partial charge in [0.25, 0.3) is 10.1 Å². The van der Waals surface area contributed by atoms with Crippen LogP contribution in [0.15, 0.2) is 248 Å². The standard InChI is InChI=1S/C12H10ClNO.C12H12O3.C11H12O3.C10H11ClO3.C10H10O3.C10H12O2.C10H10O2.C9H11ClO3S.C8H8O3/c13-12-11-4-3-10(15-9-1-2-9)7-8(11)5-6-14-12;13-12(14)7-4-9-2-1-3-11(8-9)15-10-5-6-10;1-13-11(12)8-3-2-4-10(7-8)14-9-5-6-9;1-13-10(12)8-3-2-4-9(7-8)14-6-5-11;1-3-13-9-6-4-5-8(7-9)10(11)12-2;2*11-7-8-2-1-3-10(6-8)12-9-4-5-9;1-8-2-4-9(5-3-8)14(11,12)13-7-6-10;1-11-8(10)6-3-2-4-7(9)5-6/h3-7,9H,1-2H2;1-4,7-8,10H,5-6H2,(H,13,14);2-4,7,9H,5-6H2,1H3;2-4,7H,5-6H2,1H3;3-7H,1H2,2H3;1-3,6,9,11H,4-5,7H2;1-3,6-7,9H,4-5H2;2-5H,6-7H2,1H3;2-5,9H,1H3/b;7-4+;;;;;;;. The Morgan fingerprint density at radius 2 is 0.892 bits per heavy atom. The van der Waals surface area contributed by atoms with Gasteiger partial charge in [-0.05, 0) is 239 Å². The number of phenols is 1. The Morgan fingerprint density at radius 1 is 0.483 bits per heavy atom. The number of halogens is 3. The number of rotatable bonds is 27. The highest BCUT2D eigenvalue weighted by Crippen LogP contribution is 2.33. The van der Waals surface area contributed by atoms with Gasteiger partial charge in [-0.25, -0.2) is 29.0 Å². The predicted molar refractivity (Wildman–Crippen MR) is 457 cm³/mol. The van der Waals surface area contributed by atoms with E-state index in [9.17, 15) is 37.2 Å². The molecule has 9 aromatic carbocycles. The minimum Gasteiger partial charge on any atom is -0.508 e. The van der Waals surface area contributed by atoms with Crippen molar-refractivity contribution in [1.82, 2.24) is 4.98 Å². The number of carbonyl (C=O) groups is 6. The molecule has 0 spiro atoms. The lowest BCUT2D eigenvalue weighted by Gasteiger charge is -2.05. The summed E-state index contributed by atoms with van der Waals surface area (Å²) in [6, 6.07) is 63.2. The van der Waals surface area contributed by atoms with Crippen molar-refractivity contribution in [3.05, 3.63) is 293 Å². The van der Waals surface area contributed by atoms with E-state index in [-0.39, 0.29) is 47.6 Å². The van der Waals surface area contributed by atoms with Crippen molar-refractivity contribution in [2.24, 2.45) is 0 Å². The first-order valence-electron chi connectivity index (χ1n) is 38.0. The van der Waals surface area contributed by atoms with Gasteiger partial charge < -0.3 is 67.4 Å². The molecule has 0 bridgehead atoms. The van der Waals surface area contributed by atoms with Gasteiger partial charge in [0.15, 0.2) is 0 Å². The molecule has 5 saturated carbocycles. The van der Waals surface area contributed by atoms with Crippen molar-refractivity contribution < 1.29 is 109 Å². The topological polar surface area (TPSA) is 321 Å². The van der Waals surface area contributed by atoms with Crippen molar-refractivity contribution >= 4 is 97.9 Å².